The molecule has 0 bridgehead atoms. The van der Waals surface area contributed by atoms with Crippen LogP contribution in [0.1, 0.15) is 47.6 Å². The molecule has 19 heavy (non-hydrogen) atoms. The van der Waals surface area contributed by atoms with Crippen LogP contribution >= 0.6 is 0 Å². The van der Waals surface area contributed by atoms with Crippen LogP contribution in [0.25, 0.3) is 0 Å². The molecule has 2 unspecified atom stereocenters. The molecule has 2 atom stereocenters. The fraction of sp³-hybridized carbons (Fsp3) is 0.600. The zero-order valence-electron chi connectivity index (χ0n) is 11.6. The highest BCUT2D eigenvalue weighted by molar-refractivity contribution is 5.38. The minimum Gasteiger partial charge on any atom is -0.299 e. The van der Waals surface area contributed by atoms with Gasteiger partial charge in [0.2, 0.25) is 0 Å². The molecule has 4 heteroatoms. The second kappa shape index (κ2) is 5.16. The maximum atomic E-state index is 12.8. The molecule has 1 N–H and O–H groups in total. The molecule has 0 spiro atoms. The van der Waals surface area contributed by atoms with Crippen LogP contribution in [0.2, 0.25) is 0 Å². The van der Waals surface area contributed by atoms with Crippen molar-refractivity contribution >= 4 is 0 Å². The Kier molecular flexibility index (Phi) is 3.90. The molecule has 1 fully saturated rings. The summed E-state index contributed by atoms with van der Waals surface area (Å²) in [6, 6.07) is 2.54. The zero-order valence-corrected chi connectivity index (χ0v) is 11.6. The third-order valence-corrected chi connectivity index (χ3v) is 4.04. The minimum atomic E-state index is -4.15. The van der Waals surface area contributed by atoms with Crippen molar-refractivity contribution in [3.63, 3.8) is 0 Å². The van der Waals surface area contributed by atoms with Gasteiger partial charge in [-0.25, -0.2) is 0 Å². The van der Waals surface area contributed by atoms with Crippen LogP contribution in [0.3, 0.4) is 0 Å². The van der Waals surface area contributed by atoms with Crippen molar-refractivity contribution in [3.05, 3.63) is 34.4 Å². The average Bonchev–Trinajstić information content (AvgIpc) is 2.33. The number of alkyl halides is 3. The molecule has 1 heterocycles. The van der Waals surface area contributed by atoms with Crippen molar-refractivity contribution in [2.45, 2.75) is 58.3 Å². The smallest absolute Gasteiger partial charge is 0.299 e. The van der Waals surface area contributed by atoms with Gasteiger partial charge in [0.1, 0.15) is 6.04 Å². The summed E-state index contributed by atoms with van der Waals surface area (Å²) in [5, 5.41) is 2.77. The molecule has 1 aliphatic rings. The number of nitrogens with one attached hydrogen (secondary N) is 1. The number of hydrogen-bond donors (Lipinski definition) is 1. The van der Waals surface area contributed by atoms with Gasteiger partial charge in [-0.15, -0.1) is 0 Å². The molecule has 1 nitrogen and oxygen atoms in total. The van der Waals surface area contributed by atoms with E-state index in [4.69, 9.17) is 0 Å². The molecule has 2 rings (SSSR count). The van der Waals surface area contributed by atoms with E-state index in [0.717, 1.165) is 23.1 Å². The normalized spacial score (nSPS) is 24.5. The van der Waals surface area contributed by atoms with E-state index < -0.39 is 12.2 Å². The number of halogens is 3. The Hall–Kier alpha value is -1.03. The molecular weight excluding hydrogens is 251 g/mol. The molecule has 106 valence electrons. The van der Waals surface area contributed by atoms with Crippen LogP contribution in [0, 0.1) is 20.8 Å². The molecular formula is C15H20F3N. The van der Waals surface area contributed by atoms with Crippen LogP contribution < -0.4 is 5.32 Å². The summed E-state index contributed by atoms with van der Waals surface area (Å²) in [5.74, 6) is 0. The first-order valence-corrected chi connectivity index (χ1v) is 6.69. The van der Waals surface area contributed by atoms with E-state index in [1.807, 2.05) is 26.8 Å². The van der Waals surface area contributed by atoms with Gasteiger partial charge in [0.15, 0.2) is 0 Å². The van der Waals surface area contributed by atoms with Crippen LogP contribution in [0.15, 0.2) is 12.1 Å². The first-order valence-electron chi connectivity index (χ1n) is 6.69. The largest absolute Gasteiger partial charge is 0.403 e. The van der Waals surface area contributed by atoms with Gasteiger partial charge in [0.25, 0.3) is 0 Å². The van der Waals surface area contributed by atoms with E-state index in [2.05, 4.69) is 11.4 Å². The monoisotopic (exact) mass is 271 g/mol. The second-order valence-electron chi connectivity index (χ2n) is 5.54. The lowest BCUT2D eigenvalue weighted by Gasteiger charge is -2.33. The van der Waals surface area contributed by atoms with Crippen LogP contribution in [0.5, 0.6) is 0 Å². The Labute approximate surface area is 112 Å². The van der Waals surface area contributed by atoms with Crippen molar-refractivity contribution in [2.75, 3.05) is 0 Å². The van der Waals surface area contributed by atoms with E-state index in [-0.39, 0.29) is 12.5 Å². The lowest BCUT2D eigenvalue weighted by Crippen LogP contribution is -2.46. The van der Waals surface area contributed by atoms with Gasteiger partial charge in [-0.05, 0) is 62.3 Å². The molecule has 0 radical (unpaired) electrons. The van der Waals surface area contributed by atoms with Crippen molar-refractivity contribution in [1.29, 1.82) is 0 Å². The predicted octanol–water partition coefficient (Wildman–Crippen LogP) is 4.36. The molecule has 0 saturated carbocycles. The molecule has 1 aliphatic heterocycles. The highest BCUT2D eigenvalue weighted by Gasteiger charge is 2.42. The Morgan fingerprint density at radius 3 is 2.26 bits per heavy atom. The summed E-state index contributed by atoms with van der Waals surface area (Å²) in [5.41, 5.74) is 4.40. The minimum absolute atomic E-state index is 0.181. The number of hydrogen-bond acceptors (Lipinski definition) is 1. The quantitative estimate of drug-likeness (QED) is 0.800. The van der Waals surface area contributed by atoms with Gasteiger partial charge in [-0.2, -0.15) is 13.2 Å². The van der Waals surface area contributed by atoms with Crippen LogP contribution in [0.4, 0.5) is 13.2 Å². The highest BCUT2D eigenvalue weighted by Crippen LogP contribution is 2.34. The van der Waals surface area contributed by atoms with Gasteiger partial charge < -0.3 is 0 Å². The van der Waals surface area contributed by atoms with Gasteiger partial charge in [-0.3, -0.25) is 5.32 Å². The van der Waals surface area contributed by atoms with Crippen molar-refractivity contribution < 1.29 is 13.2 Å². The van der Waals surface area contributed by atoms with Crippen molar-refractivity contribution in [1.82, 2.24) is 5.32 Å². The summed E-state index contributed by atoms with van der Waals surface area (Å²) in [6.45, 7) is 6.00. The summed E-state index contributed by atoms with van der Waals surface area (Å²) in [7, 11) is 0. The fourth-order valence-corrected chi connectivity index (χ4v) is 2.80. The van der Waals surface area contributed by atoms with Crippen molar-refractivity contribution in [3.8, 4) is 0 Å². The Balaban J connectivity index is 2.25. The van der Waals surface area contributed by atoms with E-state index in [1.165, 1.54) is 5.56 Å². The second-order valence-corrected chi connectivity index (χ2v) is 5.54. The third-order valence-electron chi connectivity index (χ3n) is 4.04. The number of rotatable bonds is 1. The molecule has 1 aromatic carbocycles. The fourth-order valence-electron chi connectivity index (χ4n) is 2.80. The molecule has 0 aliphatic carbocycles. The number of aryl methyl sites for hydroxylation is 3. The first kappa shape index (κ1) is 14.4. The number of piperidine rings is 1. The summed E-state index contributed by atoms with van der Waals surface area (Å²) < 4.78 is 38.4. The lowest BCUT2D eigenvalue weighted by atomic mass is 9.89. The summed E-state index contributed by atoms with van der Waals surface area (Å²) in [6.07, 6.45) is -2.57. The van der Waals surface area contributed by atoms with Crippen LogP contribution in [-0.4, -0.2) is 12.2 Å². The van der Waals surface area contributed by atoms with Gasteiger partial charge in [-0.1, -0.05) is 12.1 Å². The number of benzene rings is 1. The van der Waals surface area contributed by atoms with Gasteiger partial charge in [0.05, 0.1) is 0 Å². The molecule has 0 aromatic heterocycles. The molecule has 1 aromatic rings. The van der Waals surface area contributed by atoms with E-state index in [0.29, 0.717) is 6.42 Å². The topological polar surface area (TPSA) is 12.0 Å². The maximum Gasteiger partial charge on any atom is 0.403 e. The predicted molar refractivity (Wildman–Crippen MR) is 70.2 cm³/mol. The summed E-state index contributed by atoms with van der Waals surface area (Å²) in [4.78, 5) is 0. The highest BCUT2D eigenvalue weighted by atomic mass is 19.4. The average molecular weight is 271 g/mol. The summed E-state index contributed by atoms with van der Waals surface area (Å²) >= 11 is 0. The molecule has 1 saturated heterocycles. The van der Waals surface area contributed by atoms with E-state index in [1.54, 1.807) is 0 Å². The first-order chi connectivity index (χ1) is 8.79. The van der Waals surface area contributed by atoms with Crippen LogP contribution in [-0.2, 0) is 0 Å². The zero-order chi connectivity index (χ0) is 14.2. The Morgan fingerprint density at radius 2 is 1.63 bits per heavy atom. The maximum absolute atomic E-state index is 12.8. The molecule has 0 amide bonds. The van der Waals surface area contributed by atoms with Gasteiger partial charge >= 0.3 is 6.18 Å². The standard InChI is InChI=1S/C15H20F3N/c1-9-7-11(3)12(8-10(9)2)13-5-4-6-14(19-13)15(16,17)18/h7-8,13-14,19H,4-6H2,1-3H3. The van der Waals surface area contributed by atoms with E-state index in [9.17, 15) is 13.2 Å². The third kappa shape index (κ3) is 3.11. The van der Waals surface area contributed by atoms with Gasteiger partial charge in [0, 0.05) is 6.04 Å². The SMILES string of the molecule is Cc1cc(C)c(C2CCCC(C(F)(F)F)N2)cc1C. The lowest BCUT2D eigenvalue weighted by molar-refractivity contribution is -0.163. The van der Waals surface area contributed by atoms with Crippen molar-refractivity contribution in [2.24, 2.45) is 0 Å². The Morgan fingerprint density at radius 1 is 1.00 bits per heavy atom. The van der Waals surface area contributed by atoms with E-state index >= 15 is 0 Å². The Bertz CT molecular complexity index is 465.